The van der Waals surface area contributed by atoms with E-state index in [0.717, 1.165) is 12.1 Å². The molecule has 0 aliphatic carbocycles. The van der Waals surface area contributed by atoms with E-state index in [1.165, 1.54) is 31.3 Å². The van der Waals surface area contributed by atoms with Crippen LogP contribution in [0.5, 0.6) is 0 Å². The van der Waals surface area contributed by atoms with Crippen LogP contribution in [-0.2, 0) is 6.18 Å². The lowest BCUT2D eigenvalue weighted by molar-refractivity contribution is -0.140. The molecule has 0 amide bonds. The van der Waals surface area contributed by atoms with Gasteiger partial charge in [-0.1, -0.05) is 24.3 Å². The fourth-order valence-electron chi connectivity index (χ4n) is 2.18. The predicted octanol–water partition coefficient (Wildman–Crippen LogP) is 4.29. The van der Waals surface area contributed by atoms with Crippen molar-refractivity contribution < 1.29 is 22.0 Å². The van der Waals surface area contributed by atoms with Crippen molar-refractivity contribution in [3.63, 3.8) is 0 Å². The highest BCUT2D eigenvalue weighted by molar-refractivity contribution is 5.36. The van der Waals surface area contributed by atoms with Crippen molar-refractivity contribution in [3.8, 4) is 0 Å². The summed E-state index contributed by atoms with van der Waals surface area (Å²) in [5.74, 6) is -1.89. The van der Waals surface area contributed by atoms with Gasteiger partial charge in [-0.25, -0.2) is 8.78 Å². The SMILES string of the molecule is CNC(c1cccc(F)c1)c1cccc(C(F)(F)F)c1F. The average molecular weight is 301 g/mol. The fraction of sp³-hybridized carbons (Fsp3) is 0.200. The minimum absolute atomic E-state index is 0.182. The van der Waals surface area contributed by atoms with Gasteiger partial charge in [0.2, 0.25) is 0 Å². The van der Waals surface area contributed by atoms with Gasteiger partial charge in [0.1, 0.15) is 11.6 Å². The summed E-state index contributed by atoms with van der Waals surface area (Å²) >= 11 is 0. The highest BCUT2D eigenvalue weighted by Gasteiger charge is 2.35. The Hall–Kier alpha value is -1.95. The minimum atomic E-state index is -4.78. The van der Waals surface area contributed by atoms with Crippen LogP contribution < -0.4 is 5.32 Å². The van der Waals surface area contributed by atoms with E-state index in [2.05, 4.69) is 5.32 Å². The Bertz CT molecular complexity index is 636. The molecule has 2 aromatic carbocycles. The number of nitrogens with one attached hydrogen (secondary N) is 1. The van der Waals surface area contributed by atoms with Gasteiger partial charge in [-0.3, -0.25) is 0 Å². The molecule has 112 valence electrons. The van der Waals surface area contributed by atoms with Crippen molar-refractivity contribution in [2.75, 3.05) is 7.05 Å². The summed E-state index contributed by atoms with van der Waals surface area (Å²) in [7, 11) is 1.47. The lowest BCUT2D eigenvalue weighted by atomic mass is 9.96. The second-order valence-electron chi connectivity index (χ2n) is 4.48. The normalized spacial score (nSPS) is 13.2. The van der Waals surface area contributed by atoms with E-state index in [1.807, 2.05) is 0 Å². The Morgan fingerprint density at radius 2 is 1.67 bits per heavy atom. The Balaban J connectivity index is 2.54. The summed E-state index contributed by atoms with van der Waals surface area (Å²) in [6.45, 7) is 0. The summed E-state index contributed by atoms with van der Waals surface area (Å²) in [6.07, 6.45) is -4.78. The first-order valence-electron chi connectivity index (χ1n) is 6.13. The van der Waals surface area contributed by atoms with E-state index < -0.39 is 29.4 Å². The molecule has 0 radical (unpaired) electrons. The Morgan fingerprint density at radius 1 is 1.00 bits per heavy atom. The number of hydrogen-bond acceptors (Lipinski definition) is 1. The second kappa shape index (κ2) is 5.81. The third-order valence-electron chi connectivity index (χ3n) is 3.12. The molecule has 0 aliphatic rings. The van der Waals surface area contributed by atoms with Gasteiger partial charge in [0.25, 0.3) is 0 Å². The maximum absolute atomic E-state index is 14.1. The van der Waals surface area contributed by atoms with Crippen molar-refractivity contribution in [2.45, 2.75) is 12.2 Å². The van der Waals surface area contributed by atoms with E-state index in [4.69, 9.17) is 0 Å². The Labute approximate surface area is 118 Å². The van der Waals surface area contributed by atoms with Gasteiger partial charge in [0.15, 0.2) is 0 Å². The zero-order valence-electron chi connectivity index (χ0n) is 11.0. The first-order valence-corrected chi connectivity index (χ1v) is 6.13. The molecule has 1 atom stereocenters. The zero-order chi connectivity index (χ0) is 15.6. The summed E-state index contributed by atoms with van der Waals surface area (Å²) in [6, 6.07) is 7.48. The lowest BCUT2D eigenvalue weighted by Crippen LogP contribution is -2.21. The van der Waals surface area contributed by atoms with Gasteiger partial charge in [-0.15, -0.1) is 0 Å². The largest absolute Gasteiger partial charge is 0.419 e. The van der Waals surface area contributed by atoms with E-state index in [0.29, 0.717) is 11.6 Å². The van der Waals surface area contributed by atoms with Gasteiger partial charge in [-0.2, -0.15) is 13.2 Å². The lowest BCUT2D eigenvalue weighted by Gasteiger charge is -2.20. The average Bonchev–Trinajstić information content (AvgIpc) is 2.40. The smallest absolute Gasteiger partial charge is 0.309 e. The third kappa shape index (κ3) is 3.21. The highest BCUT2D eigenvalue weighted by Crippen LogP contribution is 2.35. The number of rotatable bonds is 3. The predicted molar refractivity (Wildman–Crippen MR) is 68.7 cm³/mol. The molecule has 0 saturated heterocycles. The van der Waals surface area contributed by atoms with Crippen molar-refractivity contribution in [2.24, 2.45) is 0 Å². The van der Waals surface area contributed by atoms with Crippen LogP contribution in [0.4, 0.5) is 22.0 Å². The van der Waals surface area contributed by atoms with Gasteiger partial charge < -0.3 is 5.32 Å². The highest BCUT2D eigenvalue weighted by atomic mass is 19.4. The van der Waals surface area contributed by atoms with Crippen LogP contribution in [0, 0.1) is 11.6 Å². The van der Waals surface area contributed by atoms with E-state index in [1.54, 1.807) is 0 Å². The van der Waals surface area contributed by atoms with Crippen LogP contribution in [0.25, 0.3) is 0 Å². The molecule has 2 rings (SSSR count). The number of halogens is 5. The first-order chi connectivity index (χ1) is 9.84. The molecule has 0 heterocycles. The molecule has 2 aromatic rings. The summed E-state index contributed by atoms with van der Waals surface area (Å²) in [5.41, 5.74) is -1.18. The van der Waals surface area contributed by atoms with E-state index in [9.17, 15) is 22.0 Å². The molecule has 6 heteroatoms. The third-order valence-corrected chi connectivity index (χ3v) is 3.12. The van der Waals surface area contributed by atoms with Crippen LogP contribution in [0.1, 0.15) is 22.7 Å². The van der Waals surface area contributed by atoms with Gasteiger partial charge in [0, 0.05) is 5.56 Å². The summed E-state index contributed by atoms with van der Waals surface area (Å²) in [5, 5.41) is 2.71. The Kier molecular flexibility index (Phi) is 4.27. The van der Waals surface area contributed by atoms with Crippen LogP contribution >= 0.6 is 0 Å². The van der Waals surface area contributed by atoms with Crippen LogP contribution in [-0.4, -0.2) is 7.05 Å². The quantitative estimate of drug-likeness (QED) is 0.834. The Morgan fingerprint density at radius 3 is 2.24 bits per heavy atom. The molecular weight excluding hydrogens is 289 g/mol. The molecule has 0 aliphatic heterocycles. The molecule has 21 heavy (non-hydrogen) atoms. The minimum Gasteiger partial charge on any atom is -0.309 e. The van der Waals surface area contributed by atoms with Crippen LogP contribution in [0.15, 0.2) is 42.5 Å². The number of benzene rings is 2. The van der Waals surface area contributed by atoms with Crippen molar-refractivity contribution >= 4 is 0 Å². The van der Waals surface area contributed by atoms with Crippen molar-refractivity contribution in [1.29, 1.82) is 0 Å². The van der Waals surface area contributed by atoms with Crippen molar-refractivity contribution in [3.05, 3.63) is 70.8 Å². The maximum atomic E-state index is 14.1. The maximum Gasteiger partial charge on any atom is 0.419 e. The van der Waals surface area contributed by atoms with Crippen LogP contribution in [0.3, 0.4) is 0 Å². The van der Waals surface area contributed by atoms with Gasteiger partial charge >= 0.3 is 6.18 Å². The second-order valence-corrected chi connectivity index (χ2v) is 4.48. The standard InChI is InChI=1S/C15H12F5N/c1-21-14(9-4-2-5-10(16)8-9)11-6-3-7-12(13(11)17)15(18,19)20/h2-8,14,21H,1H3. The molecule has 1 unspecified atom stereocenters. The molecular formula is C15H12F5N. The molecule has 0 saturated carbocycles. The summed E-state index contributed by atoms with van der Waals surface area (Å²) < 4.78 is 65.6. The monoisotopic (exact) mass is 301 g/mol. The summed E-state index contributed by atoms with van der Waals surface area (Å²) in [4.78, 5) is 0. The van der Waals surface area contributed by atoms with Crippen LogP contribution in [0.2, 0.25) is 0 Å². The van der Waals surface area contributed by atoms with Crippen molar-refractivity contribution in [1.82, 2.24) is 5.32 Å². The van der Waals surface area contributed by atoms with E-state index in [-0.39, 0.29) is 5.56 Å². The van der Waals surface area contributed by atoms with E-state index >= 15 is 0 Å². The number of alkyl halides is 3. The molecule has 1 nitrogen and oxygen atoms in total. The molecule has 0 bridgehead atoms. The fourth-order valence-corrected chi connectivity index (χ4v) is 2.18. The van der Waals surface area contributed by atoms with Gasteiger partial charge in [-0.05, 0) is 30.8 Å². The first kappa shape index (κ1) is 15.4. The molecule has 1 N–H and O–H groups in total. The zero-order valence-corrected chi connectivity index (χ0v) is 11.0. The molecule has 0 aromatic heterocycles. The van der Waals surface area contributed by atoms with Gasteiger partial charge in [0.05, 0.1) is 11.6 Å². The molecule has 0 fully saturated rings. The number of hydrogen-bond donors (Lipinski definition) is 1. The topological polar surface area (TPSA) is 12.0 Å². The molecule has 0 spiro atoms.